The lowest BCUT2D eigenvalue weighted by atomic mass is 10.3. The Labute approximate surface area is 120 Å². The Morgan fingerprint density at radius 1 is 1.14 bits per heavy atom. The van der Waals surface area contributed by atoms with Crippen LogP contribution < -0.4 is 10.1 Å². The van der Waals surface area contributed by atoms with E-state index in [-0.39, 0.29) is 17.5 Å². The number of aromatic nitrogens is 2. The molecule has 2 rings (SSSR count). The van der Waals surface area contributed by atoms with Crippen molar-refractivity contribution in [3.8, 4) is 11.6 Å². The lowest BCUT2D eigenvalue weighted by Crippen LogP contribution is -2.07. The smallest absolute Gasteiger partial charge is 0.358 e. The number of carbonyl (C=O) groups excluding carboxylic acids is 2. The number of nitrogens with zero attached hydrogens (tertiary/aromatic N) is 2. The molecule has 1 heterocycles. The quantitative estimate of drug-likeness (QED) is 0.865. The summed E-state index contributed by atoms with van der Waals surface area (Å²) in [4.78, 5) is 30.2. The van der Waals surface area contributed by atoms with Crippen LogP contribution in [-0.2, 0) is 9.53 Å². The van der Waals surface area contributed by atoms with Gasteiger partial charge >= 0.3 is 5.97 Å². The number of hydrogen-bond acceptors (Lipinski definition) is 6. The van der Waals surface area contributed by atoms with E-state index in [4.69, 9.17) is 4.74 Å². The van der Waals surface area contributed by atoms with Crippen LogP contribution in [0.5, 0.6) is 11.6 Å². The summed E-state index contributed by atoms with van der Waals surface area (Å²) in [6.45, 7) is 1.40. The molecule has 0 aliphatic rings. The fraction of sp³-hybridized carbons (Fsp3) is 0.143. The van der Waals surface area contributed by atoms with Gasteiger partial charge in [-0.15, -0.1) is 0 Å². The standard InChI is InChI=1S/C14H13N3O4/c1-9(18)17-10-5-3-4-6-12(10)21-13-8-15-11(7-16-13)14(19)20-2/h3-8H,1-2H3,(H,17,18). The van der Waals surface area contributed by atoms with Crippen LogP contribution in [0.1, 0.15) is 17.4 Å². The summed E-state index contributed by atoms with van der Waals surface area (Å²) in [6.07, 6.45) is 2.55. The highest BCUT2D eigenvalue weighted by atomic mass is 16.5. The lowest BCUT2D eigenvalue weighted by Gasteiger charge is -2.10. The molecule has 0 aliphatic heterocycles. The van der Waals surface area contributed by atoms with Gasteiger partial charge in [0.05, 0.1) is 25.2 Å². The fourth-order valence-corrected chi connectivity index (χ4v) is 1.54. The van der Waals surface area contributed by atoms with Crippen LogP contribution in [0.4, 0.5) is 5.69 Å². The van der Waals surface area contributed by atoms with Crippen molar-refractivity contribution in [1.82, 2.24) is 9.97 Å². The Kier molecular flexibility index (Phi) is 4.45. The van der Waals surface area contributed by atoms with E-state index >= 15 is 0 Å². The molecule has 0 aliphatic carbocycles. The van der Waals surface area contributed by atoms with Crippen molar-refractivity contribution in [2.45, 2.75) is 6.92 Å². The molecule has 0 saturated heterocycles. The normalized spacial score (nSPS) is 9.81. The predicted molar refractivity (Wildman–Crippen MR) is 74.2 cm³/mol. The average molecular weight is 287 g/mol. The van der Waals surface area contributed by atoms with Crippen LogP contribution in [0.2, 0.25) is 0 Å². The van der Waals surface area contributed by atoms with Crippen molar-refractivity contribution < 1.29 is 19.1 Å². The summed E-state index contributed by atoms with van der Waals surface area (Å²) in [6, 6.07) is 6.91. The monoisotopic (exact) mass is 287 g/mol. The van der Waals surface area contributed by atoms with Gasteiger partial charge in [-0.05, 0) is 12.1 Å². The van der Waals surface area contributed by atoms with Crippen LogP contribution in [0.25, 0.3) is 0 Å². The van der Waals surface area contributed by atoms with E-state index < -0.39 is 5.97 Å². The van der Waals surface area contributed by atoms with Gasteiger partial charge in [0.15, 0.2) is 11.4 Å². The molecule has 21 heavy (non-hydrogen) atoms. The number of nitrogens with one attached hydrogen (secondary N) is 1. The summed E-state index contributed by atoms with van der Waals surface area (Å²) < 4.78 is 10.1. The van der Waals surface area contributed by atoms with Crippen LogP contribution in [-0.4, -0.2) is 29.0 Å². The number of ether oxygens (including phenoxy) is 2. The minimum atomic E-state index is -0.576. The molecule has 1 aromatic carbocycles. The number of benzene rings is 1. The summed E-state index contributed by atoms with van der Waals surface area (Å²) in [5.41, 5.74) is 0.601. The zero-order chi connectivity index (χ0) is 15.2. The van der Waals surface area contributed by atoms with Gasteiger partial charge in [0.1, 0.15) is 0 Å². The molecular formula is C14H13N3O4. The lowest BCUT2D eigenvalue weighted by molar-refractivity contribution is -0.114. The Morgan fingerprint density at radius 2 is 1.90 bits per heavy atom. The Balaban J connectivity index is 2.18. The topological polar surface area (TPSA) is 90.4 Å². The first kappa shape index (κ1) is 14.4. The van der Waals surface area contributed by atoms with E-state index in [1.54, 1.807) is 24.3 Å². The molecule has 0 saturated carbocycles. The van der Waals surface area contributed by atoms with Crippen molar-refractivity contribution in [1.29, 1.82) is 0 Å². The second kappa shape index (κ2) is 6.47. The maximum absolute atomic E-state index is 11.2. The van der Waals surface area contributed by atoms with Crippen molar-refractivity contribution in [3.63, 3.8) is 0 Å². The first-order chi connectivity index (χ1) is 10.1. The molecular weight excluding hydrogens is 274 g/mol. The number of amides is 1. The van der Waals surface area contributed by atoms with E-state index in [1.807, 2.05) is 0 Å². The van der Waals surface area contributed by atoms with Crippen molar-refractivity contribution in [2.75, 3.05) is 12.4 Å². The molecule has 0 bridgehead atoms. The Bertz CT molecular complexity index is 656. The highest BCUT2D eigenvalue weighted by Crippen LogP contribution is 2.27. The van der Waals surface area contributed by atoms with E-state index in [0.29, 0.717) is 11.4 Å². The molecule has 0 spiro atoms. The minimum absolute atomic E-state index is 0.0833. The van der Waals surface area contributed by atoms with Crippen molar-refractivity contribution >= 4 is 17.6 Å². The third kappa shape index (κ3) is 3.75. The highest BCUT2D eigenvalue weighted by molar-refractivity contribution is 5.90. The first-order valence-electron chi connectivity index (χ1n) is 6.05. The molecule has 1 amide bonds. The molecule has 2 aromatic rings. The molecule has 0 unspecified atom stereocenters. The third-order valence-electron chi connectivity index (χ3n) is 2.43. The maximum Gasteiger partial charge on any atom is 0.358 e. The number of carbonyl (C=O) groups is 2. The molecule has 0 atom stereocenters. The van der Waals surface area contributed by atoms with Gasteiger partial charge in [-0.2, -0.15) is 0 Å². The zero-order valence-electron chi connectivity index (χ0n) is 11.5. The number of para-hydroxylation sites is 2. The SMILES string of the molecule is COC(=O)c1cnc(Oc2ccccc2NC(C)=O)cn1. The van der Waals surface area contributed by atoms with E-state index in [1.165, 1.54) is 26.4 Å². The molecule has 0 fully saturated rings. The van der Waals surface area contributed by atoms with Crippen LogP contribution in [0.15, 0.2) is 36.7 Å². The largest absolute Gasteiger partial charge is 0.464 e. The van der Waals surface area contributed by atoms with Gasteiger partial charge in [-0.25, -0.2) is 14.8 Å². The third-order valence-corrected chi connectivity index (χ3v) is 2.43. The number of hydrogen-bond donors (Lipinski definition) is 1. The molecule has 7 heteroatoms. The number of rotatable bonds is 4. The highest BCUT2D eigenvalue weighted by Gasteiger charge is 2.10. The van der Waals surface area contributed by atoms with Crippen LogP contribution >= 0.6 is 0 Å². The van der Waals surface area contributed by atoms with Gasteiger partial charge in [-0.1, -0.05) is 12.1 Å². The van der Waals surface area contributed by atoms with Gasteiger partial charge in [-0.3, -0.25) is 4.79 Å². The van der Waals surface area contributed by atoms with E-state index in [9.17, 15) is 9.59 Å². The minimum Gasteiger partial charge on any atom is -0.464 e. The summed E-state index contributed by atoms with van der Waals surface area (Å²) in [7, 11) is 1.26. The second-order valence-electron chi connectivity index (χ2n) is 4.01. The maximum atomic E-state index is 11.2. The molecule has 7 nitrogen and oxygen atoms in total. The van der Waals surface area contributed by atoms with Gasteiger partial charge in [0.2, 0.25) is 11.8 Å². The zero-order valence-corrected chi connectivity index (χ0v) is 11.5. The van der Waals surface area contributed by atoms with Crippen LogP contribution in [0.3, 0.4) is 0 Å². The fourth-order valence-electron chi connectivity index (χ4n) is 1.54. The second-order valence-corrected chi connectivity index (χ2v) is 4.01. The van der Waals surface area contributed by atoms with E-state index in [2.05, 4.69) is 20.0 Å². The van der Waals surface area contributed by atoms with Gasteiger partial charge < -0.3 is 14.8 Å². The van der Waals surface area contributed by atoms with Crippen molar-refractivity contribution in [3.05, 3.63) is 42.4 Å². The first-order valence-corrected chi connectivity index (χ1v) is 6.05. The Morgan fingerprint density at radius 3 is 2.52 bits per heavy atom. The number of esters is 1. The molecule has 1 aromatic heterocycles. The molecule has 1 N–H and O–H groups in total. The summed E-state index contributed by atoms with van der Waals surface area (Å²) in [5.74, 6) is -0.167. The van der Waals surface area contributed by atoms with Crippen LogP contribution in [0, 0.1) is 0 Å². The summed E-state index contributed by atoms with van der Waals surface area (Å²) >= 11 is 0. The van der Waals surface area contributed by atoms with Gasteiger partial charge in [0.25, 0.3) is 0 Å². The molecule has 0 radical (unpaired) electrons. The Hall–Kier alpha value is -2.96. The average Bonchev–Trinajstić information content (AvgIpc) is 2.49. The van der Waals surface area contributed by atoms with Gasteiger partial charge in [0, 0.05) is 6.92 Å². The van der Waals surface area contributed by atoms with Crippen molar-refractivity contribution in [2.24, 2.45) is 0 Å². The summed E-state index contributed by atoms with van der Waals surface area (Å²) in [5, 5.41) is 2.65. The number of methoxy groups -OCH3 is 1. The van der Waals surface area contributed by atoms with E-state index in [0.717, 1.165) is 0 Å². The number of anilines is 1. The molecule has 108 valence electrons. The predicted octanol–water partition coefficient (Wildman–Crippen LogP) is 2.01.